The van der Waals surface area contributed by atoms with Gasteiger partial charge in [-0.2, -0.15) is 0 Å². The molecule has 9 heteroatoms. The molecule has 0 saturated heterocycles. The van der Waals surface area contributed by atoms with Crippen molar-refractivity contribution in [3.05, 3.63) is 46.4 Å². The highest BCUT2D eigenvalue weighted by Gasteiger charge is 2.22. The van der Waals surface area contributed by atoms with Crippen LogP contribution in [0.5, 0.6) is 0 Å². The number of anilines is 1. The standard InChI is InChI=1S/C17H20N4O2S.2ClH/c18-12-1-3-13(4-2-12)20-17(23)15-14(7-10-24-15)21-16(22)11-5-8-19-9-6-11;;/h5-10,12-13H,1-4,18H2,(H,20,23)(H,21,22);2*1H. The molecule has 1 aliphatic carbocycles. The fourth-order valence-electron chi connectivity index (χ4n) is 2.80. The van der Waals surface area contributed by atoms with Crippen molar-refractivity contribution in [3.8, 4) is 0 Å². The summed E-state index contributed by atoms with van der Waals surface area (Å²) < 4.78 is 0. The van der Waals surface area contributed by atoms with Crippen molar-refractivity contribution in [1.82, 2.24) is 10.3 Å². The van der Waals surface area contributed by atoms with Crippen LogP contribution in [0.3, 0.4) is 0 Å². The predicted octanol–water partition coefficient (Wildman–Crippen LogP) is 3.24. The second-order valence-corrected chi connectivity index (χ2v) is 6.85. The molecule has 0 aromatic carbocycles. The summed E-state index contributed by atoms with van der Waals surface area (Å²) >= 11 is 1.32. The van der Waals surface area contributed by atoms with E-state index in [1.807, 2.05) is 0 Å². The van der Waals surface area contributed by atoms with Crippen molar-refractivity contribution in [2.45, 2.75) is 37.8 Å². The van der Waals surface area contributed by atoms with Crippen LogP contribution in [0, 0.1) is 0 Å². The third-order valence-corrected chi connectivity index (χ3v) is 5.08. The lowest BCUT2D eigenvalue weighted by atomic mass is 9.92. The molecule has 2 heterocycles. The molecule has 0 atom stereocenters. The molecule has 2 aromatic rings. The molecule has 0 unspecified atom stereocenters. The molecule has 1 aliphatic rings. The zero-order valence-corrected chi connectivity index (χ0v) is 16.5. The Morgan fingerprint density at radius 2 is 1.69 bits per heavy atom. The summed E-state index contributed by atoms with van der Waals surface area (Å²) in [5.41, 5.74) is 6.93. The van der Waals surface area contributed by atoms with Gasteiger partial charge in [-0.3, -0.25) is 14.6 Å². The minimum atomic E-state index is -0.256. The molecule has 1 saturated carbocycles. The first kappa shape index (κ1) is 22.4. The first-order valence-corrected chi connectivity index (χ1v) is 8.87. The summed E-state index contributed by atoms with van der Waals surface area (Å²) in [5.74, 6) is -0.399. The number of nitrogens with zero attached hydrogens (tertiary/aromatic N) is 1. The van der Waals surface area contributed by atoms with Crippen molar-refractivity contribution in [3.63, 3.8) is 0 Å². The van der Waals surface area contributed by atoms with E-state index in [4.69, 9.17) is 5.73 Å². The summed E-state index contributed by atoms with van der Waals surface area (Å²) in [6, 6.07) is 5.41. The lowest BCUT2D eigenvalue weighted by Gasteiger charge is -2.26. The Labute approximate surface area is 168 Å². The fourth-order valence-corrected chi connectivity index (χ4v) is 3.55. The molecule has 2 aromatic heterocycles. The van der Waals surface area contributed by atoms with E-state index in [0.29, 0.717) is 16.1 Å². The number of carbonyl (C=O) groups excluding carboxylic acids is 2. The normalized spacial score (nSPS) is 18.8. The molecule has 0 bridgehead atoms. The Kier molecular flexibility index (Phi) is 9.01. The first-order chi connectivity index (χ1) is 11.6. The van der Waals surface area contributed by atoms with Gasteiger partial charge in [0.25, 0.3) is 11.8 Å². The summed E-state index contributed by atoms with van der Waals surface area (Å²) in [7, 11) is 0. The number of nitrogens with two attached hydrogens (primary N) is 1. The van der Waals surface area contributed by atoms with Crippen molar-refractivity contribution < 1.29 is 9.59 Å². The van der Waals surface area contributed by atoms with Gasteiger partial charge in [-0.15, -0.1) is 36.2 Å². The number of pyridine rings is 1. The zero-order valence-electron chi connectivity index (χ0n) is 14.0. The van der Waals surface area contributed by atoms with Gasteiger partial charge >= 0.3 is 0 Å². The Balaban J connectivity index is 0.00000169. The van der Waals surface area contributed by atoms with E-state index in [9.17, 15) is 9.59 Å². The van der Waals surface area contributed by atoms with E-state index in [-0.39, 0.29) is 48.7 Å². The molecule has 3 rings (SSSR count). The summed E-state index contributed by atoms with van der Waals surface area (Å²) in [4.78, 5) is 29.1. The molecular weight excluding hydrogens is 395 g/mol. The molecule has 0 radical (unpaired) electrons. The maximum absolute atomic E-state index is 12.5. The lowest BCUT2D eigenvalue weighted by Crippen LogP contribution is -2.40. The molecule has 0 spiro atoms. The lowest BCUT2D eigenvalue weighted by molar-refractivity contribution is 0.0931. The van der Waals surface area contributed by atoms with Gasteiger partial charge in [-0.25, -0.2) is 0 Å². The maximum atomic E-state index is 12.5. The van der Waals surface area contributed by atoms with Crippen molar-refractivity contribution in [2.75, 3.05) is 5.32 Å². The molecule has 26 heavy (non-hydrogen) atoms. The second kappa shape index (κ2) is 10.5. The van der Waals surface area contributed by atoms with Crippen LogP contribution in [-0.2, 0) is 0 Å². The van der Waals surface area contributed by atoms with E-state index in [1.54, 1.807) is 36.0 Å². The predicted molar refractivity (Wildman–Crippen MR) is 109 cm³/mol. The van der Waals surface area contributed by atoms with Crippen LogP contribution in [0.1, 0.15) is 45.7 Å². The number of thiophene rings is 1. The average Bonchev–Trinajstić information content (AvgIpc) is 3.06. The van der Waals surface area contributed by atoms with Crippen LogP contribution >= 0.6 is 36.2 Å². The molecule has 2 amide bonds. The van der Waals surface area contributed by atoms with Gasteiger partial charge in [0.05, 0.1) is 5.69 Å². The molecule has 0 aliphatic heterocycles. The van der Waals surface area contributed by atoms with Crippen LogP contribution < -0.4 is 16.4 Å². The van der Waals surface area contributed by atoms with Gasteiger partial charge in [0.15, 0.2) is 0 Å². The van der Waals surface area contributed by atoms with Crippen LogP contribution in [-0.4, -0.2) is 28.9 Å². The number of amides is 2. The van der Waals surface area contributed by atoms with Gasteiger partial charge in [0.1, 0.15) is 4.88 Å². The van der Waals surface area contributed by atoms with E-state index in [1.165, 1.54) is 11.3 Å². The van der Waals surface area contributed by atoms with Crippen LogP contribution in [0.25, 0.3) is 0 Å². The smallest absolute Gasteiger partial charge is 0.263 e. The van der Waals surface area contributed by atoms with Crippen molar-refractivity contribution in [2.24, 2.45) is 5.73 Å². The van der Waals surface area contributed by atoms with Gasteiger partial charge in [0.2, 0.25) is 0 Å². The quantitative estimate of drug-likeness (QED) is 0.712. The van der Waals surface area contributed by atoms with E-state index < -0.39 is 0 Å². The number of halogens is 2. The second-order valence-electron chi connectivity index (χ2n) is 5.94. The maximum Gasteiger partial charge on any atom is 0.263 e. The number of rotatable bonds is 4. The minimum Gasteiger partial charge on any atom is -0.349 e. The first-order valence-electron chi connectivity index (χ1n) is 7.99. The third kappa shape index (κ3) is 5.67. The Bertz CT molecular complexity index is 719. The van der Waals surface area contributed by atoms with Crippen LogP contribution in [0.4, 0.5) is 5.69 Å². The monoisotopic (exact) mass is 416 g/mol. The van der Waals surface area contributed by atoms with Crippen LogP contribution in [0.2, 0.25) is 0 Å². The molecular formula is C17H22Cl2N4O2S. The number of hydrogen-bond acceptors (Lipinski definition) is 5. The number of carbonyl (C=O) groups is 2. The van der Waals surface area contributed by atoms with Crippen LogP contribution in [0.15, 0.2) is 36.0 Å². The highest BCUT2D eigenvalue weighted by Crippen LogP contribution is 2.24. The van der Waals surface area contributed by atoms with Gasteiger partial charge in [-0.1, -0.05) is 0 Å². The number of nitrogens with one attached hydrogen (secondary N) is 2. The molecule has 6 nitrogen and oxygen atoms in total. The largest absolute Gasteiger partial charge is 0.349 e. The Hall–Kier alpha value is -1.67. The number of hydrogen-bond donors (Lipinski definition) is 3. The van der Waals surface area contributed by atoms with Gasteiger partial charge in [-0.05, 0) is 49.3 Å². The molecule has 142 valence electrons. The van der Waals surface area contributed by atoms with Gasteiger partial charge in [0, 0.05) is 30.0 Å². The average molecular weight is 417 g/mol. The SMILES string of the molecule is Cl.Cl.NC1CCC(NC(=O)c2sccc2NC(=O)c2ccncc2)CC1. The van der Waals surface area contributed by atoms with E-state index in [2.05, 4.69) is 15.6 Å². The highest BCUT2D eigenvalue weighted by molar-refractivity contribution is 7.12. The highest BCUT2D eigenvalue weighted by atomic mass is 35.5. The summed E-state index contributed by atoms with van der Waals surface area (Å²) in [5, 5.41) is 7.64. The third-order valence-electron chi connectivity index (χ3n) is 4.17. The van der Waals surface area contributed by atoms with E-state index in [0.717, 1.165) is 25.7 Å². The van der Waals surface area contributed by atoms with Crippen molar-refractivity contribution >= 4 is 53.7 Å². The van der Waals surface area contributed by atoms with Crippen molar-refractivity contribution in [1.29, 1.82) is 0 Å². The molecule has 4 N–H and O–H groups in total. The molecule has 1 fully saturated rings. The Morgan fingerprint density at radius 3 is 2.35 bits per heavy atom. The fraction of sp³-hybridized carbons (Fsp3) is 0.353. The zero-order chi connectivity index (χ0) is 16.9. The minimum absolute atomic E-state index is 0. The summed E-state index contributed by atoms with van der Waals surface area (Å²) in [6.45, 7) is 0. The number of aromatic nitrogens is 1. The topological polar surface area (TPSA) is 97.1 Å². The Morgan fingerprint density at radius 1 is 1.04 bits per heavy atom. The van der Waals surface area contributed by atoms with Gasteiger partial charge < -0.3 is 16.4 Å². The van der Waals surface area contributed by atoms with E-state index >= 15 is 0 Å². The summed E-state index contributed by atoms with van der Waals surface area (Å²) in [6.07, 6.45) is 6.78.